The molecule has 1 fully saturated rings. The second-order valence-corrected chi connectivity index (χ2v) is 4.69. The zero-order valence-corrected chi connectivity index (χ0v) is 10.4. The molecule has 0 aromatic carbocycles. The number of aromatic nitrogens is 1. The average molecular weight is 240 g/mol. The summed E-state index contributed by atoms with van der Waals surface area (Å²) in [5.74, 6) is 0. The average Bonchev–Trinajstić information content (AvgIpc) is 2.53. The zero-order chi connectivity index (χ0) is 11.4. The molecule has 1 aliphatic heterocycles. The van der Waals surface area contributed by atoms with Crippen molar-refractivity contribution >= 4 is 11.6 Å². The third kappa shape index (κ3) is 2.94. The van der Waals surface area contributed by atoms with Crippen LogP contribution >= 0.6 is 11.6 Å². The van der Waals surface area contributed by atoms with Gasteiger partial charge in [0.2, 0.25) is 0 Å². The second kappa shape index (κ2) is 5.62. The Kier molecular flexibility index (Phi) is 4.16. The van der Waals surface area contributed by atoms with Crippen LogP contribution < -0.4 is 5.32 Å². The van der Waals surface area contributed by atoms with Crippen LogP contribution in [0.25, 0.3) is 0 Å². The quantitative estimate of drug-likeness (QED) is 0.854. The van der Waals surface area contributed by atoms with Crippen molar-refractivity contribution in [1.29, 1.82) is 0 Å². The molecule has 1 aromatic heterocycles. The zero-order valence-electron chi connectivity index (χ0n) is 9.67. The molecule has 2 rings (SSSR count). The van der Waals surface area contributed by atoms with E-state index in [0.29, 0.717) is 0 Å². The molecule has 0 aliphatic carbocycles. The van der Waals surface area contributed by atoms with Gasteiger partial charge in [-0.05, 0) is 37.6 Å². The number of rotatable bonds is 2. The van der Waals surface area contributed by atoms with Gasteiger partial charge in [-0.2, -0.15) is 0 Å². The Morgan fingerprint density at radius 2 is 2.25 bits per heavy atom. The molecule has 0 saturated carbocycles. The Balaban J connectivity index is 2.04. The fourth-order valence-electron chi connectivity index (χ4n) is 2.00. The van der Waals surface area contributed by atoms with Crippen LogP contribution in [-0.4, -0.2) is 36.1 Å². The SMILES string of the molecule is Cc1c(Cl)cncc1CN1CCCNCC1. The Morgan fingerprint density at radius 1 is 1.38 bits per heavy atom. The lowest BCUT2D eigenvalue weighted by Gasteiger charge is -2.20. The Bertz CT molecular complexity index is 346. The minimum absolute atomic E-state index is 0.769. The van der Waals surface area contributed by atoms with Crippen LogP contribution in [0.1, 0.15) is 17.5 Å². The van der Waals surface area contributed by atoms with Crippen molar-refractivity contribution in [3.63, 3.8) is 0 Å². The fourth-order valence-corrected chi connectivity index (χ4v) is 2.18. The second-order valence-electron chi connectivity index (χ2n) is 4.29. The molecular weight excluding hydrogens is 222 g/mol. The first kappa shape index (κ1) is 11.8. The first-order valence-corrected chi connectivity index (χ1v) is 6.17. The van der Waals surface area contributed by atoms with Crippen LogP contribution in [0, 0.1) is 6.92 Å². The summed E-state index contributed by atoms with van der Waals surface area (Å²) in [7, 11) is 0. The summed E-state index contributed by atoms with van der Waals surface area (Å²) in [4.78, 5) is 6.62. The maximum absolute atomic E-state index is 6.07. The number of nitrogens with zero attached hydrogens (tertiary/aromatic N) is 2. The Morgan fingerprint density at radius 3 is 3.12 bits per heavy atom. The summed E-state index contributed by atoms with van der Waals surface area (Å²) >= 11 is 6.07. The number of pyridine rings is 1. The van der Waals surface area contributed by atoms with Gasteiger partial charge in [-0.1, -0.05) is 11.6 Å². The fraction of sp³-hybridized carbons (Fsp3) is 0.583. The van der Waals surface area contributed by atoms with E-state index in [9.17, 15) is 0 Å². The molecule has 0 amide bonds. The molecule has 16 heavy (non-hydrogen) atoms. The molecule has 3 nitrogen and oxygen atoms in total. The Labute approximate surface area is 102 Å². The first-order valence-electron chi connectivity index (χ1n) is 5.79. The van der Waals surface area contributed by atoms with Crippen molar-refractivity contribution in [2.24, 2.45) is 0 Å². The van der Waals surface area contributed by atoms with Gasteiger partial charge in [-0.3, -0.25) is 9.88 Å². The molecule has 1 N–H and O–H groups in total. The third-order valence-corrected chi connectivity index (χ3v) is 3.47. The van der Waals surface area contributed by atoms with Gasteiger partial charge in [0, 0.05) is 32.0 Å². The van der Waals surface area contributed by atoms with E-state index in [1.54, 1.807) is 6.20 Å². The van der Waals surface area contributed by atoms with Crippen LogP contribution in [-0.2, 0) is 6.54 Å². The summed E-state index contributed by atoms with van der Waals surface area (Å²) in [6.07, 6.45) is 4.86. The van der Waals surface area contributed by atoms with Crippen LogP contribution in [0.3, 0.4) is 0 Å². The molecule has 88 valence electrons. The van der Waals surface area contributed by atoms with Crippen LogP contribution in [0.5, 0.6) is 0 Å². The third-order valence-electron chi connectivity index (χ3n) is 3.08. The van der Waals surface area contributed by atoms with E-state index in [0.717, 1.165) is 43.3 Å². The lowest BCUT2D eigenvalue weighted by atomic mass is 10.1. The van der Waals surface area contributed by atoms with Crippen molar-refractivity contribution in [3.05, 3.63) is 28.5 Å². The van der Waals surface area contributed by atoms with Crippen molar-refractivity contribution in [3.8, 4) is 0 Å². The number of hydrogen-bond donors (Lipinski definition) is 1. The lowest BCUT2D eigenvalue weighted by molar-refractivity contribution is 0.283. The normalized spacial score (nSPS) is 18.4. The lowest BCUT2D eigenvalue weighted by Crippen LogP contribution is -2.28. The van der Waals surface area contributed by atoms with Crippen molar-refractivity contribution in [1.82, 2.24) is 15.2 Å². The number of nitrogens with one attached hydrogen (secondary N) is 1. The van der Waals surface area contributed by atoms with Gasteiger partial charge in [-0.25, -0.2) is 0 Å². The standard InChI is InChI=1S/C12H18ClN3/c1-10-11(7-15-8-12(10)13)9-16-5-2-3-14-4-6-16/h7-8,14H,2-6,9H2,1H3. The molecule has 0 radical (unpaired) electrons. The van der Waals surface area contributed by atoms with Gasteiger partial charge in [0.1, 0.15) is 0 Å². The van der Waals surface area contributed by atoms with E-state index >= 15 is 0 Å². The molecule has 0 unspecified atom stereocenters. The van der Waals surface area contributed by atoms with E-state index in [-0.39, 0.29) is 0 Å². The van der Waals surface area contributed by atoms with E-state index in [1.165, 1.54) is 12.0 Å². The van der Waals surface area contributed by atoms with Gasteiger partial charge in [0.25, 0.3) is 0 Å². The van der Waals surface area contributed by atoms with Crippen molar-refractivity contribution in [2.45, 2.75) is 19.9 Å². The van der Waals surface area contributed by atoms with Crippen LogP contribution in [0.2, 0.25) is 5.02 Å². The highest BCUT2D eigenvalue weighted by Crippen LogP contribution is 2.18. The van der Waals surface area contributed by atoms with Gasteiger partial charge in [0.15, 0.2) is 0 Å². The molecule has 1 saturated heterocycles. The monoisotopic (exact) mass is 239 g/mol. The molecular formula is C12H18ClN3. The minimum Gasteiger partial charge on any atom is -0.315 e. The molecule has 4 heteroatoms. The van der Waals surface area contributed by atoms with Crippen molar-refractivity contribution < 1.29 is 0 Å². The van der Waals surface area contributed by atoms with Gasteiger partial charge >= 0.3 is 0 Å². The number of hydrogen-bond acceptors (Lipinski definition) is 3. The molecule has 2 heterocycles. The van der Waals surface area contributed by atoms with Gasteiger partial charge in [0.05, 0.1) is 5.02 Å². The van der Waals surface area contributed by atoms with Crippen LogP contribution in [0.15, 0.2) is 12.4 Å². The topological polar surface area (TPSA) is 28.2 Å². The summed E-state index contributed by atoms with van der Waals surface area (Å²) in [6.45, 7) is 7.48. The highest BCUT2D eigenvalue weighted by atomic mass is 35.5. The van der Waals surface area contributed by atoms with E-state index in [2.05, 4.69) is 22.1 Å². The van der Waals surface area contributed by atoms with Crippen molar-refractivity contribution in [2.75, 3.05) is 26.2 Å². The predicted molar refractivity (Wildman–Crippen MR) is 66.7 cm³/mol. The minimum atomic E-state index is 0.769. The van der Waals surface area contributed by atoms with E-state index in [1.807, 2.05) is 6.20 Å². The Hall–Kier alpha value is -0.640. The summed E-state index contributed by atoms with van der Waals surface area (Å²) in [5.41, 5.74) is 2.41. The van der Waals surface area contributed by atoms with Gasteiger partial charge < -0.3 is 5.32 Å². The summed E-state index contributed by atoms with van der Waals surface area (Å²) in [6, 6.07) is 0. The van der Waals surface area contributed by atoms with E-state index < -0.39 is 0 Å². The molecule has 1 aliphatic rings. The molecule has 1 aromatic rings. The largest absolute Gasteiger partial charge is 0.315 e. The summed E-state index contributed by atoms with van der Waals surface area (Å²) in [5, 5.41) is 4.17. The maximum atomic E-state index is 6.07. The van der Waals surface area contributed by atoms with Gasteiger partial charge in [-0.15, -0.1) is 0 Å². The smallest absolute Gasteiger partial charge is 0.0621 e. The molecule has 0 bridgehead atoms. The van der Waals surface area contributed by atoms with E-state index in [4.69, 9.17) is 11.6 Å². The van der Waals surface area contributed by atoms with Crippen LogP contribution in [0.4, 0.5) is 0 Å². The maximum Gasteiger partial charge on any atom is 0.0621 e. The predicted octanol–water partition coefficient (Wildman–Crippen LogP) is 1.84. The highest BCUT2D eigenvalue weighted by Gasteiger charge is 2.11. The highest BCUT2D eigenvalue weighted by molar-refractivity contribution is 6.31. The first-order chi connectivity index (χ1) is 7.77. The molecule has 0 atom stereocenters. The summed E-state index contributed by atoms with van der Waals surface area (Å²) < 4.78 is 0. The number of halogens is 1. The molecule has 0 spiro atoms.